The maximum atomic E-state index is 10.5. The second kappa shape index (κ2) is 11.4. The van der Waals surface area contributed by atoms with Gasteiger partial charge < -0.3 is 25.2 Å². The van der Waals surface area contributed by atoms with E-state index in [0.29, 0.717) is 12.8 Å². The quantitative estimate of drug-likeness (QED) is 0.357. The average molecular weight is 342 g/mol. The van der Waals surface area contributed by atoms with Crippen LogP contribution < -0.4 is 0 Å². The number of aliphatic hydroxyl groups excluding tert-OH is 3. The van der Waals surface area contributed by atoms with Crippen LogP contribution in [0.1, 0.15) is 51.9 Å². The van der Waals surface area contributed by atoms with Gasteiger partial charge in [0.2, 0.25) is 0 Å². The van der Waals surface area contributed by atoms with Gasteiger partial charge in [0, 0.05) is 12.3 Å². The van der Waals surface area contributed by atoms with E-state index in [1.807, 2.05) is 0 Å². The first-order valence-corrected chi connectivity index (χ1v) is 8.68. The summed E-state index contributed by atoms with van der Waals surface area (Å²) in [7, 11) is 0. The lowest BCUT2D eigenvalue weighted by molar-refractivity contribution is -0.199. The fourth-order valence-corrected chi connectivity index (χ4v) is 2.79. The van der Waals surface area contributed by atoms with Crippen molar-refractivity contribution in [2.45, 2.75) is 76.5 Å². The van der Waals surface area contributed by atoms with Gasteiger partial charge in [-0.05, 0) is 12.8 Å². The number of allylic oxidation sites excluding steroid dienone is 1. The molecule has 4 N–H and O–H groups in total. The summed E-state index contributed by atoms with van der Waals surface area (Å²) >= 11 is 0. The van der Waals surface area contributed by atoms with Gasteiger partial charge in [0.15, 0.2) is 6.29 Å². The monoisotopic (exact) mass is 342 g/mol. The molecular weight excluding hydrogens is 312 g/mol. The van der Waals surface area contributed by atoms with E-state index < -0.39 is 30.6 Å². The Morgan fingerprint density at radius 2 is 2.04 bits per heavy atom. The van der Waals surface area contributed by atoms with Crippen molar-refractivity contribution in [1.82, 2.24) is 0 Å². The van der Waals surface area contributed by atoms with Crippen LogP contribution in [0.2, 0.25) is 0 Å². The third kappa shape index (κ3) is 8.06. The highest BCUT2D eigenvalue weighted by atomic mass is 16.6. The zero-order valence-corrected chi connectivity index (χ0v) is 14.3. The zero-order chi connectivity index (χ0) is 17.9. The van der Waals surface area contributed by atoms with Gasteiger partial charge in [-0.25, -0.2) is 0 Å². The van der Waals surface area contributed by atoms with Gasteiger partial charge in [-0.1, -0.05) is 50.5 Å². The fourth-order valence-electron chi connectivity index (χ4n) is 2.79. The predicted octanol–water partition coefficient (Wildman–Crippen LogP) is 1.99. The Bertz CT molecular complexity index is 420. The summed E-state index contributed by atoms with van der Waals surface area (Å²) in [5, 5.41) is 38.4. The van der Waals surface area contributed by atoms with Gasteiger partial charge in [0.05, 0.1) is 24.7 Å². The molecule has 5 unspecified atom stereocenters. The SMILES string of the molecule is CCCCCC(O)C=CC1OC(O)CC(O)C1CC=CCC(=O)O. The molecule has 0 amide bonds. The van der Waals surface area contributed by atoms with E-state index in [1.165, 1.54) is 0 Å². The van der Waals surface area contributed by atoms with Gasteiger partial charge in [-0.15, -0.1) is 0 Å². The molecule has 138 valence electrons. The second-order valence-corrected chi connectivity index (χ2v) is 6.28. The van der Waals surface area contributed by atoms with Crippen molar-refractivity contribution in [2.75, 3.05) is 0 Å². The molecule has 1 fully saturated rings. The second-order valence-electron chi connectivity index (χ2n) is 6.28. The van der Waals surface area contributed by atoms with Crippen LogP contribution in [0, 0.1) is 5.92 Å². The molecule has 0 aromatic heterocycles. The minimum atomic E-state index is -1.04. The molecular formula is C18H30O6. The van der Waals surface area contributed by atoms with Crippen LogP contribution in [0.25, 0.3) is 0 Å². The van der Waals surface area contributed by atoms with Gasteiger partial charge in [0.25, 0.3) is 0 Å². The molecule has 1 rings (SSSR count). The number of hydrogen-bond donors (Lipinski definition) is 4. The molecule has 0 aromatic rings. The Kier molecular flexibility index (Phi) is 9.86. The van der Waals surface area contributed by atoms with Gasteiger partial charge >= 0.3 is 5.97 Å². The van der Waals surface area contributed by atoms with E-state index in [9.17, 15) is 20.1 Å². The van der Waals surface area contributed by atoms with Gasteiger partial charge in [-0.2, -0.15) is 0 Å². The van der Waals surface area contributed by atoms with Crippen LogP contribution in [-0.2, 0) is 9.53 Å². The third-order valence-corrected chi connectivity index (χ3v) is 4.17. The zero-order valence-electron chi connectivity index (χ0n) is 14.3. The van der Waals surface area contributed by atoms with Crippen molar-refractivity contribution in [3.05, 3.63) is 24.3 Å². The molecule has 24 heavy (non-hydrogen) atoms. The number of ether oxygens (including phenoxy) is 1. The number of unbranched alkanes of at least 4 members (excludes halogenated alkanes) is 2. The molecule has 0 bridgehead atoms. The summed E-state index contributed by atoms with van der Waals surface area (Å²) in [6.45, 7) is 2.10. The predicted molar refractivity (Wildman–Crippen MR) is 90.3 cm³/mol. The van der Waals surface area contributed by atoms with Crippen molar-refractivity contribution in [2.24, 2.45) is 5.92 Å². The summed E-state index contributed by atoms with van der Waals surface area (Å²) < 4.78 is 5.47. The highest BCUT2D eigenvalue weighted by molar-refractivity contribution is 5.68. The number of aliphatic carboxylic acids is 1. The van der Waals surface area contributed by atoms with E-state index >= 15 is 0 Å². The molecule has 0 saturated carbocycles. The first-order chi connectivity index (χ1) is 11.4. The van der Waals surface area contributed by atoms with E-state index in [4.69, 9.17) is 9.84 Å². The first-order valence-electron chi connectivity index (χ1n) is 8.68. The van der Waals surface area contributed by atoms with Crippen LogP contribution in [-0.4, -0.2) is 51.0 Å². The summed E-state index contributed by atoms with van der Waals surface area (Å²) in [5.74, 6) is -1.19. The molecule has 0 radical (unpaired) electrons. The molecule has 6 heteroatoms. The lowest BCUT2D eigenvalue weighted by Gasteiger charge is -2.36. The van der Waals surface area contributed by atoms with Crippen molar-refractivity contribution in [1.29, 1.82) is 0 Å². The molecule has 5 atom stereocenters. The standard InChI is InChI=1S/C18H30O6/c1-2-3-4-7-13(19)10-11-16-14(8-5-6-9-17(21)22)15(20)12-18(23)24-16/h5-6,10-11,13-16,18-20,23H,2-4,7-9,12H2,1H3,(H,21,22). The molecule has 6 nitrogen and oxygen atoms in total. The van der Waals surface area contributed by atoms with Crippen molar-refractivity contribution in [3.8, 4) is 0 Å². The maximum Gasteiger partial charge on any atom is 0.307 e. The van der Waals surface area contributed by atoms with Crippen molar-refractivity contribution >= 4 is 5.97 Å². The maximum absolute atomic E-state index is 10.5. The number of hydrogen-bond acceptors (Lipinski definition) is 5. The van der Waals surface area contributed by atoms with Crippen LogP contribution in [0.15, 0.2) is 24.3 Å². The van der Waals surface area contributed by atoms with Crippen LogP contribution >= 0.6 is 0 Å². The van der Waals surface area contributed by atoms with Crippen LogP contribution in [0.3, 0.4) is 0 Å². The molecule has 0 aliphatic carbocycles. The summed E-state index contributed by atoms with van der Waals surface area (Å²) in [4.78, 5) is 10.5. The number of rotatable bonds is 10. The van der Waals surface area contributed by atoms with E-state index in [2.05, 4.69) is 6.92 Å². The lowest BCUT2D eigenvalue weighted by Crippen LogP contribution is -2.43. The number of carbonyl (C=O) groups is 1. The van der Waals surface area contributed by atoms with E-state index in [0.717, 1.165) is 19.3 Å². The van der Waals surface area contributed by atoms with E-state index in [1.54, 1.807) is 24.3 Å². The topological polar surface area (TPSA) is 107 Å². The van der Waals surface area contributed by atoms with Gasteiger partial charge in [0.1, 0.15) is 0 Å². The Morgan fingerprint density at radius 3 is 2.71 bits per heavy atom. The summed E-state index contributed by atoms with van der Waals surface area (Å²) in [6, 6.07) is 0. The molecule has 1 saturated heterocycles. The number of aliphatic hydroxyl groups is 3. The Morgan fingerprint density at radius 1 is 1.29 bits per heavy atom. The Labute approximate surface area is 143 Å². The highest BCUT2D eigenvalue weighted by Gasteiger charge is 2.35. The average Bonchev–Trinajstić information content (AvgIpc) is 2.51. The number of carboxylic acid groups (broad SMARTS) is 1. The summed E-state index contributed by atoms with van der Waals surface area (Å²) in [6.07, 6.45) is 8.01. The Hall–Kier alpha value is -1.21. The van der Waals surface area contributed by atoms with E-state index in [-0.39, 0.29) is 18.8 Å². The molecule has 0 spiro atoms. The molecule has 1 heterocycles. The minimum absolute atomic E-state index is 0.0665. The van der Waals surface area contributed by atoms with Crippen LogP contribution in [0.5, 0.6) is 0 Å². The highest BCUT2D eigenvalue weighted by Crippen LogP contribution is 2.29. The largest absolute Gasteiger partial charge is 0.481 e. The lowest BCUT2D eigenvalue weighted by atomic mass is 9.87. The summed E-state index contributed by atoms with van der Waals surface area (Å²) in [5.41, 5.74) is 0. The smallest absolute Gasteiger partial charge is 0.307 e. The molecule has 0 aromatic carbocycles. The van der Waals surface area contributed by atoms with Crippen LogP contribution in [0.4, 0.5) is 0 Å². The minimum Gasteiger partial charge on any atom is -0.481 e. The number of carboxylic acids is 1. The first kappa shape index (κ1) is 20.8. The van der Waals surface area contributed by atoms with Gasteiger partial charge in [-0.3, -0.25) is 4.79 Å². The Balaban J connectivity index is 2.60. The van der Waals surface area contributed by atoms with Crippen molar-refractivity contribution < 1.29 is 30.0 Å². The normalized spacial score (nSPS) is 29.3. The fraction of sp³-hybridized carbons (Fsp3) is 0.722. The van der Waals surface area contributed by atoms with Crippen molar-refractivity contribution in [3.63, 3.8) is 0 Å². The molecule has 1 aliphatic rings. The molecule has 1 aliphatic heterocycles. The third-order valence-electron chi connectivity index (χ3n) is 4.17.